The van der Waals surface area contributed by atoms with Gasteiger partial charge in [0.05, 0.1) is 18.8 Å². The summed E-state index contributed by atoms with van der Waals surface area (Å²) in [7, 11) is 0. The van der Waals surface area contributed by atoms with Gasteiger partial charge in [0.25, 0.3) is 0 Å². The molecule has 260 valence electrons. The largest absolute Gasteiger partial charge is 0.478 e. The van der Waals surface area contributed by atoms with Crippen LogP contribution in [-0.4, -0.2) is 60.9 Å². The van der Waals surface area contributed by atoms with Gasteiger partial charge < -0.3 is 15.2 Å². The lowest BCUT2D eigenvalue weighted by Gasteiger charge is -2.72. The van der Waals surface area contributed by atoms with E-state index < -0.39 is 5.97 Å². The number of hydrogen-bond donors (Lipinski definition) is 2. The number of morpholine rings is 1. The second-order valence-electron chi connectivity index (χ2n) is 17.5. The summed E-state index contributed by atoms with van der Waals surface area (Å²) in [6.07, 6.45) is 17.8. The Morgan fingerprint density at radius 2 is 1.64 bits per heavy atom. The first kappa shape index (κ1) is 34.9. The van der Waals surface area contributed by atoms with Crippen molar-refractivity contribution in [2.24, 2.45) is 45.3 Å². The average molecular weight is 645 g/mol. The van der Waals surface area contributed by atoms with Crippen molar-refractivity contribution in [3.63, 3.8) is 0 Å². The summed E-state index contributed by atoms with van der Waals surface area (Å²) in [5, 5.41) is 13.7. The summed E-state index contributed by atoms with van der Waals surface area (Å²) < 4.78 is 5.59. The van der Waals surface area contributed by atoms with E-state index in [9.17, 15) is 9.90 Å². The smallest absolute Gasteiger partial charge is 0.335 e. The molecular weight excluding hydrogens is 580 g/mol. The number of allylic oxidation sites excluding steroid dienone is 3. The SMILES string of the molecule is C=CC.CC1(C)C(c2ccc(C(=O)O)cc2)=CCC2(C)C1CCC1(C)C2CCC2C3CCCC3(NCCN3CCOCC3)CC[C@]21C. The fraction of sp³-hybridized carbons (Fsp3) is 0.738. The van der Waals surface area contributed by atoms with Crippen LogP contribution in [0.5, 0.6) is 0 Å². The molecule has 47 heavy (non-hydrogen) atoms. The van der Waals surface area contributed by atoms with Crippen LogP contribution in [0.4, 0.5) is 0 Å². The number of rotatable bonds is 6. The third-order valence-corrected chi connectivity index (χ3v) is 15.4. The summed E-state index contributed by atoms with van der Waals surface area (Å²) in [5.74, 6) is 2.22. The Hall–Kier alpha value is -1.95. The van der Waals surface area contributed by atoms with E-state index in [-0.39, 0.29) is 5.41 Å². The van der Waals surface area contributed by atoms with Gasteiger partial charge in [0.2, 0.25) is 0 Å². The van der Waals surface area contributed by atoms with Crippen LogP contribution < -0.4 is 5.32 Å². The highest BCUT2D eigenvalue weighted by atomic mass is 16.5. The molecule has 1 aromatic rings. The van der Waals surface area contributed by atoms with Crippen molar-refractivity contribution in [2.75, 3.05) is 39.4 Å². The van der Waals surface area contributed by atoms with Crippen molar-refractivity contribution in [3.8, 4) is 0 Å². The first-order valence-corrected chi connectivity index (χ1v) is 19.0. The molecule has 0 radical (unpaired) electrons. The maximum Gasteiger partial charge on any atom is 0.335 e. The number of nitrogens with one attached hydrogen (secondary N) is 1. The van der Waals surface area contributed by atoms with E-state index in [4.69, 9.17) is 4.74 Å². The molecule has 5 heteroatoms. The minimum absolute atomic E-state index is 0.0639. The Labute approximate surface area is 286 Å². The highest BCUT2D eigenvalue weighted by molar-refractivity contribution is 5.88. The van der Waals surface area contributed by atoms with Crippen LogP contribution >= 0.6 is 0 Å². The first-order chi connectivity index (χ1) is 22.4. The van der Waals surface area contributed by atoms with Crippen LogP contribution in [0, 0.1) is 45.3 Å². The summed E-state index contributed by atoms with van der Waals surface area (Å²) in [4.78, 5) is 14.1. The second-order valence-corrected chi connectivity index (χ2v) is 17.5. The Morgan fingerprint density at radius 3 is 2.32 bits per heavy atom. The molecule has 1 saturated heterocycles. The van der Waals surface area contributed by atoms with Crippen LogP contribution in [0.1, 0.15) is 122 Å². The van der Waals surface area contributed by atoms with Crippen molar-refractivity contribution in [3.05, 3.63) is 54.1 Å². The number of fused-ring (bicyclic) bond motifs is 7. The molecule has 7 rings (SSSR count). The summed E-state index contributed by atoms with van der Waals surface area (Å²) in [6.45, 7) is 24.6. The van der Waals surface area contributed by atoms with Gasteiger partial charge in [-0.25, -0.2) is 4.79 Å². The van der Waals surface area contributed by atoms with Crippen molar-refractivity contribution in [1.82, 2.24) is 10.2 Å². The van der Waals surface area contributed by atoms with Crippen LogP contribution in [0.15, 0.2) is 43.0 Å². The fourth-order valence-electron chi connectivity index (χ4n) is 13.1. The van der Waals surface area contributed by atoms with E-state index in [0.29, 0.717) is 33.3 Å². The van der Waals surface area contributed by atoms with E-state index in [2.05, 4.69) is 57.5 Å². The van der Waals surface area contributed by atoms with E-state index in [1.165, 1.54) is 68.9 Å². The molecule has 5 aliphatic carbocycles. The molecule has 2 N–H and O–H groups in total. The standard InChI is InChI=1S/C39H58N2O3.C3H6/c1-35(2)29(27-8-10-28(11-9-27)34(42)43)14-17-36(3)32(35)15-18-38(5)33(36)13-12-30-31-7-6-16-39(31,20-19-37(30,38)4)40-21-22-41-23-25-44-26-24-41;1-3-2/h8-11,14,30-33,40H,6-7,12-13,15-26H2,1-5H3,(H,42,43);3H,1H2,2H3/t30?,31?,32?,33?,36?,37-,38?,39?;/m1./s1. The van der Waals surface area contributed by atoms with Crippen molar-refractivity contribution >= 4 is 11.5 Å². The van der Waals surface area contributed by atoms with Gasteiger partial charge in [0.1, 0.15) is 0 Å². The molecule has 5 fully saturated rings. The molecule has 4 saturated carbocycles. The molecule has 7 unspecified atom stereocenters. The van der Waals surface area contributed by atoms with E-state index in [0.717, 1.165) is 63.6 Å². The van der Waals surface area contributed by atoms with E-state index in [1.54, 1.807) is 18.2 Å². The lowest BCUT2D eigenvalue weighted by Crippen LogP contribution is -2.67. The van der Waals surface area contributed by atoms with Gasteiger partial charge in [-0.15, -0.1) is 6.58 Å². The van der Waals surface area contributed by atoms with Crippen molar-refractivity contribution < 1.29 is 14.6 Å². The quantitative estimate of drug-likeness (QED) is 0.303. The van der Waals surface area contributed by atoms with Gasteiger partial charge in [-0.1, -0.05) is 65.3 Å². The fourth-order valence-corrected chi connectivity index (χ4v) is 13.1. The second kappa shape index (κ2) is 13.1. The minimum Gasteiger partial charge on any atom is -0.478 e. The molecule has 8 atom stereocenters. The van der Waals surface area contributed by atoms with Gasteiger partial charge in [-0.05, 0) is 133 Å². The molecule has 0 bridgehead atoms. The van der Waals surface area contributed by atoms with Gasteiger partial charge in [0.15, 0.2) is 0 Å². The zero-order valence-electron chi connectivity index (χ0n) is 30.5. The van der Waals surface area contributed by atoms with Crippen molar-refractivity contribution in [1.29, 1.82) is 0 Å². The molecular formula is C42H64N2O3. The summed E-state index contributed by atoms with van der Waals surface area (Å²) in [6, 6.07) is 7.66. The van der Waals surface area contributed by atoms with E-state index in [1.807, 2.05) is 19.1 Å². The predicted octanol–water partition coefficient (Wildman–Crippen LogP) is 9.10. The number of ether oxygens (including phenoxy) is 1. The van der Waals surface area contributed by atoms with Crippen LogP contribution in [0.25, 0.3) is 5.57 Å². The number of carbonyl (C=O) groups is 1. The van der Waals surface area contributed by atoms with E-state index >= 15 is 0 Å². The number of hydrogen-bond acceptors (Lipinski definition) is 4. The Balaban J connectivity index is 0.00000124. The Morgan fingerprint density at radius 1 is 0.936 bits per heavy atom. The average Bonchev–Trinajstić information content (AvgIpc) is 3.46. The maximum absolute atomic E-state index is 11.5. The zero-order valence-corrected chi connectivity index (χ0v) is 30.5. The molecule has 1 aromatic carbocycles. The first-order valence-electron chi connectivity index (χ1n) is 19.0. The highest BCUT2D eigenvalue weighted by Gasteiger charge is 2.69. The summed E-state index contributed by atoms with van der Waals surface area (Å²) in [5.41, 5.74) is 4.53. The molecule has 6 aliphatic rings. The number of benzene rings is 1. The normalized spacial score (nSPS) is 40.8. The lowest BCUT2D eigenvalue weighted by atomic mass is 9.33. The van der Waals surface area contributed by atoms with Gasteiger partial charge in [-0.3, -0.25) is 4.90 Å². The van der Waals surface area contributed by atoms with Gasteiger partial charge in [-0.2, -0.15) is 0 Å². The summed E-state index contributed by atoms with van der Waals surface area (Å²) >= 11 is 0. The zero-order chi connectivity index (χ0) is 33.7. The topological polar surface area (TPSA) is 61.8 Å². The third-order valence-electron chi connectivity index (χ3n) is 15.4. The minimum atomic E-state index is -0.849. The molecule has 5 nitrogen and oxygen atoms in total. The number of nitrogens with zero attached hydrogens (tertiary/aromatic N) is 1. The van der Waals surface area contributed by atoms with Crippen LogP contribution in [-0.2, 0) is 4.74 Å². The van der Waals surface area contributed by atoms with Gasteiger partial charge in [0, 0.05) is 31.7 Å². The molecule has 0 amide bonds. The number of carboxylic acid groups (broad SMARTS) is 1. The third kappa shape index (κ3) is 5.69. The lowest BCUT2D eigenvalue weighted by molar-refractivity contribution is -0.217. The van der Waals surface area contributed by atoms with Crippen molar-refractivity contribution in [2.45, 2.75) is 111 Å². The number of carboxylic acids is 1. The van der Waals surface area contributed by atoms with Gasteiger partial charge >= 0.3 is 5.97 Å². The van der Waals surface area contributed by atoms with Crippen LogP contribution in [0.3, 0.4) is 0 Å². The molecule has 0 spiro atoms. The highest BCUT2D eigenvalue weighted by Crippen LogP contribution is 2.76. The molecule has 0 aromatic heterocycles. The Bertz CT molecular complexity index is 1330. The predicted molar refractivity (Wildman–Crippen MR) is 193 cm³/mol. The maximum atomic E-state index is 11.5. The monoisotopic (exact) mass is 644 g/mol. The Kier molecular flexibility index (Phi) is 9.70. The number of aromatic carboxylic acids is 1. The van der Waals surface area contributed by atoms with Crippen LogP contribution in [0.2, 0.25) is 0 Å². The molecule has 1 aliphatic heterocycles. The molecule has 1 heterocycles.